The first-order valence-electron chi connectivity index (χ1n) is 8.50. The quantitative estimate of drug-likeness (QED) is 0.837. The minimum absolute atomic E-state index is 0.348. The predicted octanol–water partition coefficient (Wildman–Crippen LogP) is 2.86. The van der Waals surface area contributed by atoms with E-state index in [2.05, 4.69) is 17.0 Å². The van der Waals surface area contributed by atoms with Crippen LogP contribution < -0.4 is 5.73 Å². The van der Waals surface area contributed by atoms with Crippen molar-refractivity contribution in [1.29, 1.82) is 0 Å². The highest BCUT2D eigenvalue weighted by atomic mass is 32.2. The molecule has 0 bridgehead atoms. The van der Waals surface area contributed by atoms with Crippen LogP contribution in [0, 0.1) is 5.92 Å². The Morgan fingerprint density at radius 3 is 2.27 bits per heavy atom. The highest BCUT2D eigenvalue weighted by Gasteiger charge is 2.32. The van der Waals surface area contributed by atoms with Crippen molar-refractivity contribution in [3.8, 4) is 0 Å². The van der Waals surface area contributed by atoms with E-state index >= 15 is 0 Å². The number of hydrogen-bond acceptors (Lipinski definition) is 4. The second-order valence-electron chi connectivity index (χ2n) is 6.66. The minimum Gasteiger partial charge on any atom is -0.330 e. The maximum absolute atomic E-state index is 12.6. The van der Waals surface area contributed by atoms with E-state index in [0.717, 1.165) is 18.7 Å². The summed E-state index contributed by atoms with van der Waals surface area (Å²) in [6.45, 7) is 2.95. The number of sulfone groups is 1. The Morgan fingerprint density at radius 2 is 1.69 bits per heavy atom. The van der Waals surface area contributed by atoms with Gasteiger partial charge in [0, 0.05) is 25.6 Å². The molecular formula is C19H22F2N2O2S. The van der Waals surface area contributed by atoms with Crippen molar-refractivity contribution in [2.45, 2.75) is 23.1 Å². The first kappa shape index (κ1) is 18.9. The number of nitrogens with two attached hydrogens (primary N) is 1. The summed E-state index contributed by atoms with van der Waals surface area (Å²) in [6.07, 6.45) is 0. The lowest BCUT2D eigenvalue weighted by molar-refractivity contribution is 0.234. The van der Waals surface area contributed by atoms with Crippen molar-refractivity contribution in [1.82, 2.24) is 4.90 Å². The van der Waals surface area contributed by atoms with Gasteiger partial charge >= 0.3 is 5.76 Å². The Balaban J connectivity index is 1.70. The van der Waals surface area contributed by atoms with Crippen LogP contribution in [0.3, 0.4) is 0 Å². The van der Waals surface area contributed by atoms with E-state index in [1.165, 1.54) is 17.7 Å². The molecule has 140 valence electrons. The highest BCUT2D eigenvalue weighted by Crippen LogP contribution is 2.33. The van der Waals surface area contributed by atoms with Gasteiger partial charge in [0.05, 0.1) is 4.90 Å². The van der Waals surface area contributed by atoms with Gasteiger partial charge in [-0.2, -0.15) is 8.78 Å². The number of hydrogen-bond donors (Lipinski definition) is 1. The summed E-state index contributed by atoms with van der Waals surface area (Å²) in [6, 6.07) is 16.0. The molecule has 1 aliphatic heterocycles. The van der Waals surface area contributed by atoms with Crippen molar-refractivity contribution in [2.24, 2.45) is 11.7 Å². The second kappa shape index (κ2) is 7.82. The smallest absolute Gasteiger partial charge is 0.330 e. The monoisotopic (exact) mass is 380 g/mol. The molecule has 0 unspecified atom stereocenters. The summed E-state index contributed by atoms with van der Waals surface area (Å²) in [5.41, 5.74) is 8.11. The molecule has 2 N–H and O–H groups in total. The van der Waals surface area contributed by atoms with Gasteiger partial charge in [-0.25, -0.2) is 8.42 Å². The summed E-state index contributed by atoms with van der Waals surface area (Å²) >= 11 is 0. The molecule has 0 radical (unpaired) electrons. The third-order valence-electron chi connectivity index (χ3n) is 4.94. The number of alkyl halides is 2. The van der Waals surface area contributed by atoms with Gasteiger partial charge in [-0.15, -0.1) is 0 Å². The molecule has 0 aromatic heterocycles. The largest absolute Gasteiger partial charge is 0.341 e. The number of rotatable bonds is 6. The van der Waals surface area contributed by atoms with E-state index < -0.39 is 15.6 Å². The van der Waals surface area contributed by atoms with Gasteiger partial charge in [-0.1, -0.05) is 42.5 Å². The molecule has 4 nitrogen and oxygen atoms in total. The van der Waals surface area contributed by atoms with Crippen LogP contribution in [0.2, 0.25) is 0 Å². The highest BCUT2D eigenvalue weighted by molar-refractivity contribution is 7.91. The summed E-state index contributed by atoms with van der Waals surface area (Å²) in [5, 5.41) is 0. The fourth-order valence-electron chi connectivity index (χ4n) is 3.55. The zero-order chi connectivity index (χ0) is 18.7. The molecule has 2 aromatic carbocycles. The molecule has 0 amide bonds. The molecule has 0 saturated carbocycles. The van der Waals surface area contributed by atoms with Crippen LogP contribution in [0.25, 0.3) is 0 Å². The summed E-state index contributed by atoms with van der Waals surface area (Å²) in [7, 11) is -4.54. The molecule has 3 rings (SSSR count). The van der Waals surface area contributed by atoms with E-state index in [-0.39, 0.29) is 4.90 Å². The Labute approximate surface area is 152 Å². The molecule has 1 aliphatic rings. The summed E-state index contributed by atoms with van der Waals surface area (Å²) in [5.74, 6) is -2.68. The molecule has 1 saturated heterocycles. The SMILES string of the molecule is NC[C@@H]1CN(Cc2ccc(S(=O)(=O)C(F)F)cc2)C[C@H]1c1ccccc1. The van der Waals surface area contributed by atoms with Gasteiger partial charge in [0.15, 0.2) is 0 Å². The normalized spacial score (nSPS) is 21.4. The lowest BCUT2D eigenvalue weighted by atomic mass is 9.89. The van der Waals surface area contributed by atoms with Gasteiger partial charge < -0.3 is 5.73 Å². The molecule has 7 heteroatoms. The van der Waals surface area contributed by atoms with Gasteiger partial charge in [0.1, 0.15) is 0 Å². The molecule has 0 aliphatic carbocycles. The van der Waals surface area contributed by atoms with E-state index in [1.807, 2.05) is 18.2 Å². The molecule has 0 spiro atoms. The van der Waals surface area contributed by atoms with Crippen molar-refractivity contribution in [3.63, 3.8) is 0 Å². The van der Waals surface area contributed by atoms with Gasteiger partial charge in [-0.3, -0.25) is 4.90 Å². The summed E-state index contributed by atoms with van der Waals surface area (Å²) in [4.78, 5) is 1.92. The lowest BCUT2D eigenvalue weighted by Gasteiger charge is -2.17. The average molecular weight is 380 g/mol. The second-order valence-corrected chi connectivity index (χ2v) is 8.57. The van der Waals surface area contributed by atoms with E-state index in [1.54, 1.807) is 12.1 Å². The number of halogens is 2. The van der Waals surface area contributed by atoms with Crippen LogP contribution in [0.5, 0.6) is 0 Å². The van der Waals surface area contributed by atoms with Gasteiger partial charge in [0.2, 0.25) is 9.84 Å². The molecule has 26 heavy (non-hydrogen) atoms. The van der Waals surface area contributed by atoms with Crippen LogP contribution >= 0.6 is 0 Å². The maximum atomic E-state index is 12.6. The standard InChI is InChI=1S/C19H22F2N2O2S/c20-19(21)26(24,25)17-8-6-14(7-9-17)11-23-12-16(10-22)18(13-23)15-4-2-1-3-5-15/h1-9,16,18-19H,10-13,22H2/t16-,18+/m1/s1. The van der Waals surface area contributed by atoms with Crippen LogP contribution in [0.4, 0.5) is 8.78 Å². The van der Waals surface area contributed by atoms with Crippen LogP contribution in [-0.4, -0.2) is 38.7 Å². The lowest BCUT2D eigenvalue weighted by Crippen LogP contribution is -2.23. The third kappa shape index (κ3) is 3.95. The zero-order valence-corrected chi connectivity index (χ0v) is 15.1. The fraction of sp³-hybridized carbons (Fsp3) is 0.368. The van der Waals surface area contributed by atoms with E-state index in [0.29, 0.717) is 24.9 Å². The topological polar surface area (TPSA) is 63.4 Å². The Kier molecular flexibility index (Phi) is 5.70. The van der Waals surface area contributed by atoms with Crippen LogP contribution in [0.1, 0.15) is 17.0 Å². The molecular weight excluding hydrogens is 358 g/mol. The molecule has 2 atom stereocenters. The molecule has 1 fully saturated rings. The predicted molar refractivity (Wildman–Crippen MR) is 96.6 cm³/mol. The van der Waals surface area contributed by atoms with E-state index in [4.69, 9.17) is 5.73 Å². The van der Waals surface area contributed by atoms with Crippen molar-refractivity contribution < 1.29 is 17.2 Å². The first-order chi connectivity index (χ1) is 12.4. The van der Waals surface area contributed by atoms with Crippen molar-refractivity contribution in [3.05, 3.63) is 65.7 Å². The number of likely N-dealkylation sites (tertiary alicyclic amines) is 1. The van der Waals surface area contributed by atoms with E-state index in [9.17, 15) is 17.2 Å². The third-order valence-corrected chi connectivity index (χ3v) is 6.34. The molecule has 2 aromatic rings. The maximum Gasteiger partial charge on any atom is 0.341 e. The van der Waals surface area contributed by atoms with Crippen molar-refractivity contribution >= 4 is 9.84 Å². The fourth-order valence-corrected chi connectivity index (χ4v) is 4.27. The van der Waals surface area contributed by atoms with Crippen LogP contribution in [-0.2, 0) is 16.4 Å². The number of nitrogens with zero attached hydrogens (tertiary/aromatic N) is 1. The van der Waals surface area contributed by atoms with Crippen molar-refractivity contribution in [2.75, 3.05) is 19.6 Å². The Morgan fingerprint density at radius 1 is 1.04 bits per heavy atom. The Hall–Kier alpha value is -1.83. The first-order valence-corrected chi connectivity index (χ1v) is 10.0. The zero-order valence-electron chi connectivity index (χ0n) is 14.3. The summed E-state index contributed by atoms with van der Waals surface area (Å²) < 4.78 is 48.2. The van der Waals surface area contributed by atoms with Gasteiger partial charge in [0.25, 0.3) is 0 Å². The van der Waals surface area contributed by atoms with Gasteiger partial charge in [-0.05, 0) is 35.7 Å². The average Bonchev–Trinajstić information content (AvgIpc) is 3.05. The van der Waals surface area contributed by atoms with Crippen LogP contribution in [0.15, 0.2) is 59.5 Å². The number of benzene rings is 2. The minimum atomic E-state index is -4.54. The molecule has 1 heterocycles. The Bertz CT molecular complexity index is 826.